The highest BCUT2D eigenvalue weighted by molar-refractivity contribution is 8.01. The monoisotopic (exact) mass is 712 g/mol. The fraction of sp³-hybridized carbons (Fsp3) is 0.367. The zero-order chi connectivity index (χ0) is 32.8. The molecule has 4 N–H and O–H groups in total. The van der Waals surface area contributed by atoms with Gasteiger partial charge in [-0.3, -0.25) is 14.5 Å². The quantitative estimate of drug-likeness (QED) is 0.0918. The molecule has 1 fully saturated rings. The molecular formula is C30H32Cl2N3O7S3+. The van der Waals surface area contributed by atoms with Gasteiger partial charge in [-0.1, -0.05) is 29.3 Å². The number of carbonyl (C=O) groups excluding carboxylic acids is 2. The van der Waals surface area contributed by atoms with Crippen LogP contribution in [0.5, 0.6) is 0 Å². The summed E-state index contributed by atoms with van der Waals surface area (Å²) >= 11 is 16.2. The molecule has 0 unspecified atom stereocenters. The Balaban J connectivity index is 1.43. The first-order chi connectivity index (χ1) is 21.4. The molecule has 0 radical (unpaired) electrons. The molecule has 45 heavy (non-hydrogen) atoms. The number of pyridine rings is 1. The topological polar surface area (TPSA) is 148 Å². The number of aliphatic carboxylic acids is 2. The maximum Gasteiger partial charge on any atom is 0.352 e. The van der Waals surface area contributed by atoms with E-state index in [2.05, 4.69) is 11.9 Å². The summed E-state index contributed by atoms with van der Waals surface area (Å²) in [4.78, 5) is 52.0. The number of hydrogen-bond acceptors (Lipinski definition) is 8. The van der Waals surface area contributed by atoms with Gasteiger partial charge in [0.05, 0.1) is 10.8 Å². The van der Waals surface area contributed by atoms with E-state index in [4.69, 9.17) is 28.3 Å². The zero-order valence-corrected chi connectivity index (χ0v) is 28.2. The normalized spacial score (nSPS) is 18.2. The number of halogens is 2. The summed E-state index contributed by atoms with van der Waals surface area (Å²) in [5.74, 6) is -2.60. The number of fused-ring (bicyclic) bond motifs is 1. The van der Waals surface area contributed by atoms with E-state index in [0.717, 1.165) is 16.3 Å². The first-order valence-electron chi connectivity index (χ1n) is 13.9. The summed E-state index contributed by atoms with van der Waals surface area (Å²) in [5.41, 5.74) is 2.35. The summed E-state index contributed by atoms with van der Waals surface area (Å²) in [7, 11) is 0. The fourth-order valence-electron chi connectivity index (χ4n) is 4.94. The van der Waals surface area contributed by atoms with Gasteiger partial charge in [0.25, 0.3) is 5.91 Å². The minimum atomic E-state index is -1.46. The number of benzene rings is 1. The van der Waals surface area contributed by atoms with Crippen LogP contribution in [0.1, 0.15) is 24.2 Å². The standard InChI is InChI=1S/C30H31Cl2N3O7S3/c1-3-4-5-19-12-20(10-16(2)34(19)9-8-22(36)29(39)40)43-13-17-14-45-28-25(27(38)35(28)26(17)30(41)42)33-24(37)15-44-23-11-18(31)6-7-21(23)32/h3,6-7,10-12,22,25,28,36H,1,4-5,8-9,13-15H2,2H3,(H2-,33,37,39,40,41,42)/p+1/t22-,25+,28+/m0/s1. The van der Waals surface area contributed by atoms with Crippen molar-refractivity contribution in [3.63, 3.8) is 0 Å². The van der Waals surface area contributed by atoms with Gasteiger partial charge in [-0.25, -0.2) is 9.59 Å². The Morgan fingerprint density at radius 2 is 1.98 bits per heavy atom. The van der Waals surface area contributed by atoms with E-state index < -0.39 is 35.4 Å². The second kappa shape index (κ2) is 15.7. The Labute approximate surface area is 283 Å². The molecule has 2 aliphatic heterocycles. The molecule has 0 aliphatic carbocycles. The van der Waals surface area contributed by atoms with E-state index in [9.17, 15) is 29.4 Å². The Hall–Kier alpha value is -2.68. The van der Waals surface area contributed by atoms with Crippen molar-refractivity contribution < 1.29 is 39.1 Å². The summed E-state index contributed by atoms with van der Waals surface area (Å²) in [6, 6.07) is 8.02. The average molecular weight is 714 g/mol. The molecule has 10 nitrogen and oxygen atoms in total. The number of carboxylic acid groups (broad SMARTS) is 2. The lowest BCUT2D eigenvalue weighted by Crippen LogP contribution is -2.70. The van der Waals surface area contributed by atoms with Crippen molar-refractivity contribution in [3.8, 4) is 0 Å². The third-order valence-electron chi connectivity index (χ3n) is 7.18. The van der Waals surface area contributed by atoms with Gasteiger partial charge in [-0.05, 0) is 30.2 Å². The number of hydrogen-bond donors (Lipinski definition) is 4. The summed E-state index contributed by atoms with van der Waals surface area (Å²) < 4.78 is 1.97. The maximum atomic E-state index is 13.1. The van der Waals surface area contributed by atoms with Gasteiger partial charge < -0.3 is 20.6 Å². The van der Waals surface area contributed by atoms with Crippen LogP contribution in [0.3, 0.4) is 0 Å². The zero-order valence-electron chi connectivity index (χ0n) is 24.2. The number of aromatic nitrogens is 1. The summed E-state index contributed by atoms with van der Waals surface area (Å²) in [6.07, 6.45) is 1.74. The predicted octanol–water partition coefficient (Wildman–Crippen LogP) is 4.17. The summed E-state index contributed by atoms with van der Waals surface area (Å²) in [6.45, 7) is 6.00. The Bertz CT molecular complexity index is 1550. The molecule has 2 amide bonds. The largest absolute Gasteiger partial charge is 0.479 e. The lowest BCUT2D eigenvalue weighted by molar-refractivity contribution is -0.711. The molecule has 1 aromatic heterocycles. The van der Waals surface area contributed by atoms with Crippen LogP contribution in [0.2, 0.25) is 10.0 Å². The highest BCUT2D eigenvalue weighted by atomic mass is 35.5. The number of carboxylic acids is 2. The lowest BCUT2D eigenvalue weighted by atomic mass is 10.0. The van der Waals surface area contributed by atoms with Gasteiger partial charge in [0.1, 0.15) is 17.1 Å². The molecule has 0 bridgehead atoms. The number of allylic oxidation sites excluding steroid dienone is 1. The van der Waals surface area contributed by atoms with Crippen LogP contribution < -0.4 is 9.88 Å². The van der Waals surface area contributed by atoms with E-state index in [1.54, 1.807) is 24.3 Å². The number of β-lactam (4-membered cyclic amide) rings is 1. The molecule has 240 valence electrons. The molecule has 15 heteroatoms. The second-order valence-corrected chi connectivity index (χ2v) is 14.3. The molecule has 3 atom stereocenters. The van der Waals surface area contributed by atoms with Crippen LogP contribution in [-0.2, 0) is 32.1 Å². The number of nitrogens with one attached hydrogen (secondary N) is 1. The number of aliphatic hydroxyl groups excluding tert-OH is 1. The van der Waals surface area contributed by atoms with Crippen LogP contribution in [0.15, 0.2) is 64.0 Å². The number of aryl methyl sites for hydroxylation is 2. The van der Waals surface area contributed by atoms with Crippen LogP contribution >= 0.6 is 58.5 Å². The number of nitrogens with zero attached hydrogens (tertiary/aromatic N) is 2. The van der Waals surface area contributed by atoms with E-state index in [1.807, 2.05) is 23.6 Å². The molecule has 2 aromatic rings. The van der Waals surface area contributed by atoms with Crippen molar-refractivity contribution in [2.45, 2.75) is 60.0 Å². The number of amides is 2. The molecule has 1 aromatic carbocycles. The minimum absolute atomic E-state index is 0.0101. The number of rotatable bonds is 15. The first kappa shape index (κ1) is 35.2. The predicted molar refractivity (Wildman–Crippen MR) is 176 cm³/mol. The van der Waals surface area contributed by atoms with Crippen molar-refractivity contribution in [2.24, 2.45) is 0 Å². The average Bonchev–Trinajstić information content (AvgIpc) is 3.00. The van der Waals surface area contributed by atoms with Crippen molar-refractivity contribution in [3.05, 3.63) is 75.7 Å². The van der Waals surface area contributed by atoms with E-state index in [1.165, 1.54) is 40.2 Å². The molecule has 0 spiro atoms. The fourth-order valence-corrected chi connectivity index (χ4v) is 8.77. The SMILES string of the molecule is C=CCCc1cc(SCC2=C(C(=O)O)N3C(=O)[C@@H](NC(=O)CSc4cc(Cl)ccc4Cl)[C@H]3SC2)cc(C)[n+]1CC[C@H](O)C(=O)O. The van der Waals surface area contributed by atoms with Gasteiger partial charge in [0.15, 0.2) is 24.0 Å². The number of aliphatic hydroxyl groups is 1. The van der Waals surface area contributed by atoms with Gasteiger partial charge in [0.2, 0.25) is 5.91 Å². The second-order valence-electron chi connectivity index (χ2n) is 10.3. The summed E-state index contributed by atoms with van der Waals surface area (Å²) in [5, 5.41) is 32.0. The molecule has 4 rings (SSSR count). The number of carbonyl (C=O) groups is 4. The van der Waals surface area contributed by atoms with Crippen molar-refractivity contribution in [1.82, 2.24) is 10.2 Å². The van der Waals surface area contributed by atoms with Gasteiger partial charge in [0, 0.05) is 58.2 Å². The number of thioether (sulfide) groups is 3. The molecule has 3 heterocycles. The van der Waals surface area contributed by atoms with E-state index in [0.29, 0.717) is 51.4 Å². The van der Waals surface area contributed by atoms with Crippen LogP contribution in [0, 0.1) is 6.92 Å². The molecule has 2 aliphatic rings. The van der Waals surface area contributed by atoms with Crippen molar-refractivity contribution in [2.75, 3.05) is 17.3 Å². The molecule has 1 saturated heterocycles. The highest BCUT2D eigenvalue weighted by Crippen LogP contribution is 2.42. The van der Waals surface area contributed by atoms with Gasteiger partial charge in [-0.2, -0.15) is 4.57 Å². The van der Waals surface area contributed by atoms with Crippen molar-refractivity contribution in [1.29, 1.82) is 0 Å². The third kappa shape index (κ3) is 8.57. The Morgan fingerprint density at radius 3 is 2.67 bits per heavy atom. The van der Waals surface area contributed by atoms with Crippen molar-refractivity contribution >= 4 is 82.2 Å². The van der Waals surface area contributed by atoms with E-state index in [-0.39, 0.29) is 23.8 Å². The molecular weight excluding hydrogens is 681 g/mol. The van der Waals surface area contributed by atoms with Crippen LogP contribution in [0.25, 0.3) is 0 Å². The Morgan fingerprint density at radius 1 is 1.22 bits per heavy atom. The highest BCUT2D eigenvalue weighted by Gasteiger charge is 2.54. The van der Waals surface area contributed by atoms with Crippen LogP contribution in [-0.4, -0.2) is 78.8 Å². The third-order valence-corrected chi connectivity index (χ3v) is 11.3. The van der Waals surface area contributed by atoms with Gasteiger partial charge >= 0.3 is 11.9 Å². The lowest BCUT2D eigenvalue weighted by Gasteiger charge is -2.49. The maximum absolute atomic E-state index is 13.1. The smallest absolute Gasteiger partial charge is 0.352 e. The molecule has 0 saturated carbocycles. The van der Waals surface area contributed by atoms with E-state index >= 15 is 0 Å². The Kier molecular flexibility index (Phi) is 12.3. The van der Waals surface area contributed by atoms with Crippen LogP contribution in [0.4, 0.5) is 0 Å². The van der Waals surface area contributed by atoms with Gasteiger partial charge in [-0.15, -0.1) is 41.9 Å². The first-order valence-corrected chi connectivity index (χ1v) is 17.6. The minimum Gasteiger partial charge on any atom is -0.479 e.